The zero-order valence-corrected chi connectivity index (χ0v) is 14.5. The van der Waals surface area contributed by atoms with Crippen LogP contribution in [0.25, 0.3) is 0 Å². The smallest absolute Gasteiger partial charge is 0.316 e. The highest BCUT2D eigenvalue weighted by atomic mass is 35.5. The van der Waals surface area contributed by atoms with Crippen molar-refractivity contribution in [3.8, 4) is 6.01 Å². The van der Waals surface area contributed by atoms with Crippen molar-refractivity contribution in [1.82, 2.24) is 15.3 Å². The molecule has 1 saturated carbocycles. The quantitative estimate of drug-likeness (QED) is 0.882. The summed E-state index contributed by atoms with van der Waals surface area (Å²) in [6, 6.07) is 3.98. The van der Waals surface area contributed by atoms with Gasteiger partial charge in [-0.15, -0.1) is 11.3 Å². The normalized spacial score (nSPS) is 21.0. The van der Waals surface area contributed by atoms with Gasteiger partial charge in [0.1, 0.15) is 6.10 Å². The molecule has 5 nitrogen and oxygen atoms in total. The van der Waals surface area contributed by atoms with Crippen LogP contribution in [0.3, 0.4) is 0 Å². The van der Waals surface area contributed by atoms with Crippen LogP contribution in [0, 0.1) is 0 Å². The maximum atomic E-state index is 12.1. The average molecular weight is 372 g/mol. The Kier molecular flexibility index (Phi) is 5.35. The van der Waals surface area contributed by atoms with Crippen LogP contribution in [0.1, 0.15) is 35.4 Å². The molecule has 122 valence electrons. The molecule has 3 rings (SSSR count). The van der Waals surface area contributed by atoms with Crippen molar-refractivity contribution < 1.29 is 9.53 Å². The summed E-state index contributed by atoms with van der Waals surface area (Å²) in [6.45, 7) is 0. The van der Waals surface area contributed by atoms with Crippen molar-refractivity contribution in [3.63, 3.8) is 0 Å². The molecule has 0 atom stereocenters. The monoisotopic (exact) mass is 371 g/mol. The van der Waals surface area contributed by atoms with E-state index in [2.05, 4.69) is 15.3 Å². The Hall–Kier alpha value is -1.37. The molecule has 1 aliphatic carbocycles. The fourth-order valence-electron chi connectivity index (χ4n) is 2.53. The number of rotatable bonds is 4. The molecule has 0 aliphatic heterocycles. The van der Waals surface area contributed by atoms with Gasteiger partial charge in [-0.3, -0.25) is 4.79 Å². The molecular weight excluding hydrogens is 357 g/mol. The minimum atomic E-state index is -0.0627. The summed E-state index contributed by atoms with van der Waals surface area (Å²) in [5.74, 6) is -0.0627. The van der Waals surface area contributed by atoms with Crippen molar-refractivity contribution in [2.24, 2.45) is 0 Å². The zero-order chi connectivity index (χ0) is 16.2. The van der Waals surface area contributed by atoms with E-state index >= 15 is 0 Å². The first-order valence-corrected chi connectivity index (χ1v) is 8.88. The lowest BCUT2D eigenvalue weighted by atomic mass is 9.93. The van der Waals surface area contributed by atoms with Crippen molar-refractivity contribution >= 4 is 40.4 Å². The van der Waals surface area contributed by atoms with Crippen LogP contribution in [0.5, 0.6) is 6.01 Å². The highest BCUT2D eigenvalue weighted by molar-refractivity contribution is 7.18. The third kappa shape index (κ3) is 4.56. The van der Waals surface area contributed by atoms with Crippen LogP contribution >= 0.6 is 34.5 Å². The lowest BCUT2D eigenvalue weighted by molar-refractivity contribution is 0.0889. The van der Waals surface area contributed by atoms with Gasteiger partial charge >= 0.3 is 6.01 Å². The fourth-order valence-corrected chi connectivity index (χ4v) is 3.57. The number of amides is 1. The number of hydrogen-bond donors (Lipinski definition) is 1. The molecule has 23 heavy (non-hydrogen) atoms. The topological polar surface area (TPSA) is 64.1 Å². The molecule has 0 bridgehead atoms. The van der Waals surface area contributed by atoms with E-state index in [0.29, 0.717) is 20.2 Å². The Balaban J connectivity index is 1.46. The van der Waals surface area contributed by atoms with Crippen LogP contribution in [-0.4, -0.2) is 28.0 Å². The van der Waals surface area contributed by atoms with Gasteiger partial charge < -0.3 is 10.1 Å². The van der Waals surface area contributed by atoms with Crippen LogP contribution < -0.4 is 10.1 Å². The summed E-state index contributed by atoms with van der Waals surface area (Å²) in [6.07, 6.45) is 6.53. The number of carbonyl (C=O) groups excluding carboxylic acids is 1. The van der Waals surface area contributed by atoms with Gasteiger partial charge in [-0.2, -0.15) is 0 Å². The minimum Gasteiger partial charge on any atom is -0.460 e. The number of carbonyl (C=O) groups is 1. The molecule has 0 unspecified atom stereocenters. The second kappa shape index (κ2) is 7.47. The van der Waals surface area contributed by atoms with Crippen molar-refractivity contribution in [3.05, 3.63) is 38.8 Å². The Morgan fingerprint density at radius 1 is 1.17 bits per heavy atom. The minimum absolute atomic E-state index is 0.0627. The fraction of sp³-hybridized carbons (Fsp3) is 0.400. The molecule has 0 radical (unpaired) electrons. The summed E-state index contributed by atoms with van der Waals surface area (Å²) in [7, 11) is 0. The predicted molar refractivity (Wildman–Crippen MR) is 90.5 cm³/mol. The Bertz CT molecular complexity index is 670. The van der Waals surface area contributed by atoms with Gasteiger partial charge in [0.15, 0.2) is 0 Å². The SMILES string of the molecule is O=C(NC1CCC(Oc2ncc(Cl)cn2)CC1)c1ccc(Cl)s1. The molecule has 0 spiro atoms. The summed E-state index contributed by atoms with van der Waals surface area (Å²) >= 11 is 12.9. The third-order valence-corrected chi connectivity index (χ3v) is 5.10. The molecule has 2 heterocycles. The average Bonchev–Trinajstić information content (AvgIpc) is 2.98. The van der Waals surface area contributed by atoms with Crippen molar-refractivity contribution in [1.29, 1.82) is 0 Å². The van der Waals surface area contributed by atoms with Gasteiger partial charge in [-0.25, -0.2) is 9.97 Å². The molecule has 1 amide bonds. The van der Waals surface area contributed by atoms with Crippen molar-refractivity contribution in [2.45, 2.75) is 37.8 Å². The lowest BCUT2D eigenvalue weighted by Crippen LogP contribution is -2.39. The summed E-state index contributed by atoms with van der Waals surface area (Å²) in [4.78, 5) is 20.8. The van der Waals surface area contributed by atoms with E-state index in [1.165, 1.54) is 23.7 Å². The molecular formula is C15H15Cl2N3O2S. The maximum Gasteiger partial charge on any atom is 0.316 e. The van der Waals surface area contributed by atoms with Gasteiger partial charge in [0.2, 0.25) is 0 Å². The molecule has 1 aliphatic rings. The number of nitrogens with zero attached hydrogens (tertiary/aromatic N) is 2. The Labute approximate surface area is 148 Å². The van der Waals surface area contributed by atoms with Gasteiger partial charge in [-0.1, -0.05) is 23.2 Å². The zero-order valence-electron chi connectivity index (χ0n) is 12.2. The number of aromatic nitrogens is 2. The predicted octanol–water partition coefficient (Wildman–Crippen LogP) is 3.96. The molecule has 1 fully saturated rings. The number of thiophene rings is 1. The summed E-state index contributed by atoms with van der Waals surface area (Å²) in [5, 5.41) is 3.53. The molecule has 0 saturated heterocycles. The van der Waals surface area contributed by atoms with E-state index in [4.69, 9.17) is 27.9 Å². The molecule has 2 aromatic rings. The van der Waals surface area contributed by atoms with E-state index in [0.717, 1.165) is 25.7 Å². The maximum absolute atomic E-state index is 12.1. The standard InChI is InChI=1S/C15H15Cl2N3O2S/c16-9-7-18-15(19-8-9)22-11-3-1-10(2-4-11)20-14(21)12-5-6-13(17)23-12/h5-8,10-11H,1-4H2,(H,20,21). The van der Waals surface area contributed by atoms with E-state index in [9.17, 15) is 4.79 Å². The second-order valence-corrected chi connectivity index (χ2v) is 7.50. The first-order valence-electron chi connectivity index (χ1n) is 7.30. The summed E-state index contributed by atoms with van der Waals surface area (Å²) in [5.41, 5.74) is 0. The van der Waals surface area contributed by atoms with Gasteiger partial charge in [0, 0.05) is 6.04 Å². The number of halogens is 2. The van der Waals surface area contributed by atoms with E-state index in [1.54, 1.807) is 12.1 Å². The van der Waals surface area contributed by atoms with Gasteiger partial charge in [-0.05, 0) is 37.8 Å². The van der Waals surface area contributed by atoms with Crippen LogP contribution in [0.15, 0.2) is 24.5 Å². The van der Waals surface area contributed by atoms with Gasteiger partial charge in [0.05, 0.1) is 26.6 Å². The van der Waals surface area contributed by atoms with E-state index in [1.807, 2.05) is 0 Å². The van der Waals surface area contributed by atoms with E-state index < -0.39 is 0 Å². The molecule has 1 N–H and O–H groups in total. The second-order valence-electron chi connectivity index (χ2n) is 5.35. The first-order chi connectivity index (χ1) is 11.1. The summed E-state index contributed by atoms with van der Waals surface area (Å²) < 4.78 is 6.36. The highest BCUT2D eigenvalue weighted by Crippen LogP contribution is 2.24. The van der Waals surface area contributed by atoms with Crippen LogP contribution in [-0.2, 0) is 0 Å². The molecule has 0 aromatic carbocycles. The highest BCUT2D eigenvalue weighted by Gasteiger charge is 2.24. The van der Waals surface area contributed by atoms with Gasteiger partial charge in [0.25, 0.3) is 5.91 Å². The lowest BCUT2D eigenvalue weighted by Gasteiger charge is -2.28. The van der Waals surface area contributed by atoms with Crippen LogP contribution in [0.2, 0.25) is 9.36 Å². The third-order valence-electron chi connectivity index (χ3n) is 3.68. The Morgan fingerprint density at radius 3 is 2.48 bits per heavy atom. The molecule has 2 aromatic heterocycles. The van der Waals surface area contributed by atoms with Crippen molar-refractivity contribution in [2.75, 3.05) is 0 Å². The largest absolute Gasteiger partial charge is 0.460 e. The number of nitrogens with one attached hydrogen (secondary N) is 1. The number of ether oxygens (including phenoxy) is 1. The number of hydrogen-bond acceptors (Lipinski definition) is 5. The van der Waals surface area contributed by atoms with Crippen LogP contribution in [0.4, 0.5) is 0 Å². The molecule has 8 heteroatoms. The van der Waals surface area contributed by atoms with E-state index in [-0.39, 0.29) is 18.1 Å². The first kappa shape index (κ1) is 16.5. The Morgan fingerprint density at radius 2 is 1.87 bits per heavy atom.